The number of hydrogen-bond donors (Lipinski definition) is 1. The maximum Gasteiger partial charge on any atom is 0.0300 e. The third-order valence-corrected chi connectivity index (χ3v) is 4.15. The first kappa shape index (κ1) is 11.1. The minimum Gasteiger partial charge on any atom is -0.310 e. The number of aryl methyl sites for hydroxylation is 1. The summed E-state index contributed by atoms with van der Waals surface area (Å²) in [6.07, 6.45) is 2.72. The highest BCUT2D eigenvalue weighted by atomic mass is 32.1. The number of hydrogen-bond acceptors (Lipinski definition) is 3. The minimum absolute atomic E-state index is 0.756. The van der Waals surface area contributed by atoms with Crippen LogP contribution in [0.5, 0.6) is 0 Å². The normalized spacial score (nSPS) is 22.4. The summed E-state index contributed by atoms with van der Waals surface area (Å²) >= 11 is 1.89. The Morgan fingerprint density at radius 3 is 3.00 bits per heavy atom. The van der Waals surface area contributed by atoms with Gasteiger partial charge in [0, 0.05) is 28.9 Å². The predicted octanol–water partition coefficient (Wildman–Crippen LogP) is 2.24. The Hall–Kier alpha value is -0.380. The van der Waals surface area contributed by atoms with E-state index in [4.69, 9.17) is 0 Å². The van der Waals surface area contributed by atoms with Gasteiger partial charge >= 0.3 is 0 Å². The van der Waals surface area contributed by atoms with Crippen molar-refractivity contribution in [3.63, 3.8) is 0 Å². The van der Waals surface area contributed by atoms with E-state index in [1.807, 2.05) is 11.3 Å². The molecule has 2 nitrogen and oxygen atoms in total. The molecule has 0 radical (unpaired) electrons. The van der Waals surface area contributed by atoms with Crippen LogP contribution in [0.3, 0.4) is 0 Å². The van der Waals surface area contributed by atoms with Crippen molar-refractivity contribution < 1.29 is 0 Å². The van der Waals surface area contributed by atoms with E-state index in [-0.39, 0.29) is 0 Å². The highest BCUT2D eigenvalue weighted by molar-refractivity contribution is 7.11. The van der Waals surface area contributed by atoms with Gasteiger partial charge < -0.3 is 10.2 Å². The molecule has 2 heterocycles. The summed E-state index contributed by atoms with van der Waals surface area (Å²) in [7, 11) is 2.23. The standard InChI is InChI=1S/C12H20N2S/c1-10-5-6-12(15-10)9-13-8-11-4-3-7-14(11)2/h5-6,11,13H,3-4,7-9H2,1-2H3. The average Bonchev–Trinajstić information content (AvgIpc) is 2.77. The third-order valence-electron chi connectivity index (χ3n) is 3.15. The van der Waals surface area contributed by atoms with Gasteiger partial charge in [-0.3, -0.25) is 0 Å². The first-order valence-corrected chi connectivity index (χ1v) is 6.53. The van der Waals surface area contributed by atoms with Crippen molar-refractivity contribution >= 4 is 11.3 Å². The first-order valence-electron chi connectivity index (χ1n) is 5.72. The van der Waals surface area contributed by atoms with E-state index in [2.05, 4.69) is 36.3 Å². The smallest absolute Gasteiger partial charge is 0.0300 e. The van der Waals surface area contributed by atoms with Crippen LogP contribution in [0, 0.1) is 6.92 Å². The minimum atomic E-state index is 0.756. The summed E-state index contributed by atoms with van der Waals surface area (Å²) in [5, 5.41) is 3.56. The SMILES string of the molecule is Cc1ccc(CNCC2CCCN2C)s1. The Balaban J connectivity index is 1.70. The first-order chi connectivity index (χ1) is 7.25. The molecule has 1 saturated heterocycles. The molecule has 0 saturated carbocycles. The average molecular weight is 224 g/mol. The topological polar surface area (TPSA) is 15.3 Å². The number of thiophene rings is 1. The maximum absolute atomic E-state index is 3.56. The molecule has 1 unspecified atom stereocenters. The Morgan fingerprint density at radius 1 is 1.53 bits per heavy atom. The van der Waals surface area contributed by atoms with Crippen LogP contribution in [-0.2, 0) is 6.54 Å². The Morgan fingerprint density at radius 2 is 2.40 bits per heavy atom. The highest BCUT2D eigenvalue weighted by Crippen LogP contribution is 2.16. The van der Waals surface area contributed by atoms with E-state index >= 15 is 0 Å². The van der Waals surface area contributed by atoms with Crippen molar-refractivity contribution in [2.24, 2.45) is 0 Å². The maximum atomic E-state index is 3.56. The van der Waals surface area contributed by atoms with Crippen LogP contribution in [0.1, 0.15) is 22.6 Å². The number of likely N-dealkylation sites (N-methyl/N-ethyl adjacent to an activating group) is 1. The fraction of sp³-hybridized carbons (Fsp3) is 0.667. The molecule has 1 N–H and O–H groups in total. The zero-order valence-corrected chi connectivity index (χ0v) is 10.4. The second-order valence-electron chi connectivity index (χ2n) is 4.42. The molecule has 0 spiro atoms. The van der Waals surface area contributed by atoms with E-state index in [0.29, 0.717) is 0 Å². The summed E-state index contributed by atoms with van der Waals surface area (Å²) in [6, 6.07) is 5.18. The van der Waals surface area contributed by atoms with Crippen molar-refractivity contribution in [2.45, 2.75) is 32.4 Å². The lowest BCUT2D eigenvalue weighted by molar-refractivity contribution is 0.300. The van der Waals surface area contributed by atoms with Gasteiger partial charge in [-0.15, -0.1) is 11.3 Å². The summed E-state index contributed by atoms with van der Waals surface area (Å²) in [5.41, 5.74) is 0. The molecule has 15 heavy (non-hydrogen) atoms. The second kappa shape index (κ2) is 5.10. The summed E-state index contributed by atoms with van der Waals surface area (Å²) in [6.45, 7) is 5.60. The Labute approximate surface area is 96.3 Å². The zero-order chi connectivity index (χ0) is 10.7. The van der Waals surface area contributed by atoms with Crippen molar-refractivity contribution in [3.05, 3.63) is 21.9 Å². The molecule has 1 aliphatic heterocycles. The lowest BCUT2D eigenvalue weighted by atomic mass is 10.2. The quantitative estimate of drug-likeness (QED) is 0.844. The third kappa shape index (κ3) is 3.03. The molecule has 1 aromatic heterocycles. The van der Waals surface area contributed by atoms with Crippen LogP contribution in [0.4, 0.5) is 0 Å². The lowest BCUT2D eigenvalue weighted by Crippen LogP contribution is -2.34. The molecule has 0 amide bonds. The van der Waals surface area contributed by atoms with Gasteiger partial charge in [-0.25, -0.2) is 0 Å². The van der Waals surface area contributed by atoms with E-state index in [9.17, 15) is 0 Å². The molecule has 1 atom stereocenters. The molecule has 1 fully saturated rings. The van der Waals surface area contributed by atoms with Gasteiger partial charge in [0.25, 0.3) is 0 Å². The van der Waals surface area contributed by atoms with Gasteiger partial charge in [-0.2, -0.15) is 0 Å². The number of likely N-dealkylation sites (tertiary alicyclic amines) is 1. The molecule has 2 rings (SSSR count). The number of rotatable bonds is 4. The van der Waals surface area contributed by atoms with E-state index in [0.717, 1.165) is 19.1 Å². The van der Waals surface area contributed by atoms with Gasteiger partial charge in [0.1, 0.15) is 0 Å². The molecule has 3 heteroatoms. The predicted molar refractivity (Wildman–Crippen MR) is 66.4 cm³/mol. The van der Waals surface area contributed by atoms with E-state index in [1.54, 1.807) is 0 Å². The second-order valence-corrected chi connectivity index (χ2v) is 5.79. The Bertz CT molecular complexity index is 308. The van der Waals surface area contributed by atoms with Gasteiger partial charge in [0.2, 0.25) is 0 Å². The van der Waals surface area contributed by atoms with Crippen LogP contribution in [0.25, 0.3) is 0 Å². The lowest BCUT2D eigenvalue weighted by Gasteiger charge is -2.19. The summed E-state index contributed by atoms with van der Waals surface area (Å²) in [5.74, 6) is 0. The van der Waals surface area contributed by atoms with Gasteiger partial charge in [0.15, 0.2) is 0 Å². The largest absolute Gasteiger partial charge is 0.310 e. The van der Waals surface area contributed by atoms with Crippen molar-refractivity contribution in [3.8, 4) is 0 Å². The van der Waals surface area contributed by atoms with Crippen LogP contribution in [0.2, 0.25) is 0 Å². The molecule has 1 aliphatic rings. The van der Waals surface area contributed by atoms with Gasteiger partial charge in [0.05, 0.1) is 0 Å². The van der Waals surface area contributed by atoms with Crippen LogP contribution < -0.4 is 5.32 Å². The van der Waals surface area contributed by atoms with Crippen LogP contribution in [-0.4, -0.2) is 31.1 Å². The van der Waals surface area contributed by atoms with Crippen molar-refractivity contribution in [1.29, 1.82) is 0 Å². The molecular formula is C12H20N2S. The Kier molecular flexibility index (Phi) is 3.78. The number of nitrogens with zero attached hydrogens (tertiary/aromatic N) is 1. The molecule has 0 bridgehead atoms. The monoisotopic (exact) mass is 224 g/mol. The molecular weight excluding hydrogens is 204 g/mol. The summed E-state index contributed by atoms with van der Waals surface area (Å²) in [4.78, 5) is 5.32. The molecule has 84 valence electrons. The number of nitrogens with one attached hydrogen (secondary N) is 1. The highest BCUT2D eigenvalue weighted by Gasteiger charge is 2.19. The zero-order valence-electron chi connectivity index (χ0n) is 9.62. The van der Waals surface area contributed by atoms with E-state index < -0.39 is 0 Å². The summed E-state index contributed by atoms with van der Waals surface area (Å²) < 4.78 is 0. The molecule has 0 aromatic carbocycles. The van der Waals surface area contributed by atoms with E-state index in [1.165, 1.54) is 29.1 Å². The van der Waals surface area contributed by atoms with Crippen LogP contribution in [0.15, 0.2) is 12.1 Å². The molecule has 0 aliphatic carbocycles. The molecule has 1 aromatic rings. The van der Waals surface area contributed by atoms with Crippen molar-refractivity contribution in [2.75, 3.05) is 20.1 Å². The van der Waals surface area contributed by atoms with Gasteiger partial charge in [-0.1, -0.05) is 0 Å². The fourth-order valence-corrected chi connectivity index (χ4v) is 3.04. The van der Waals surface area contributed by atoms with Crippen LogP contribution >= 0.6 is 11.3 Å². The van der Waals surface area contributed by atoms with Gasteiger partial charge in [-0.05, 0) is 45.5 Å². The van der Waals surface area contributed by atoms with Crippen molar-refractivity contribution in [1.82, 2.24) is 10.2 Å². The fourth-order valence-electron chi connectivity index (χ4n) is 2.18.